The Balaban J connectivity index is 2.02. The molecule has 1 saturated heterocycles. The van der Waals surface area contributed by atoms with E-state index in [-0.39, 0.29) is 17.9 Å². The lowest BCUT2D eigenvalue weighted by Crippen LogP contribution is -2.38. The summed E-state index contributed by atoms with van der Waals surface area (Å²) in [4.78, 5) is 23.2. The van der Waals surface area contributed by atoms with Gasteiger partial charge in [0.05, 0.1) is 7.11 Å². The van der Waals surface area contributed by atoms with E-state index in [2.05, 4.69) is 10.6 Å². The van der Waals surface area contributed by atoms with Crippen LogP contribution in [0, 0.1) is 0 Å². The summed E-state index contributed by atoms with van der Waals surface area (Å²) >= 11 is 0. The molecule has 6 nitrogen and oxygen atoms in total. The van der Waals surface area contributed by atoms with Gasteiger partial charge in [0.15, 0.2) is 0 Å². The number of hydrogen-bond acceptors (Lipinski definition) is 4. The normalized spacial score (nSPS) is 17.9. The molecule has 0 aliphatic carbocycles. The highest BCUT2D eigenvalue weighted by molar-refractivity contribution is 6.01. The molecule has 1 aromatic rings. The molecule has 0 aromatic heterocycles. The van der Waals surface area contributed by atoms with E-state index in [1.807, 2.05) is 0 Å². The molecular formula is C13H17N3O3. The molecule has 1 heterocycles. The Morgan fingerprint density at radius 3 is 3.00 bits per heavy atom. The number of nitrogens with two attached hydrogens (primary N) is 1. The van der Waals surface area contributed by atoms with Crippen LogP contribution in [0.15, 0.2) is 18.2 Å². The third-order valence-electron chi connectivity index (χ3n) is 3.10. The molecule has 6 heteroatoms. The van der Waals surface area contributed by atoms with Gasteiger partial charge in [0.2, 0.25) is 5.91 Å². The minimum absolute atomic E-state index is 0.00705. The second-order valence-corrected chi connectivity index (χ2v) is 4.44. The maximum absolute atomic E-state index is 12.1. The molecule has 0 saturated carbocycles. The van der Waals surface area contributed by atoms with Crippen molar-refractivity contribution in [2.75, 3.05) is 19.4 Å². The Kier molecular flexibility index (Phi) is 3.89. The van der Waals surface area contributed by atoms with E-state index in [1.54, 1.807) is 18.2 Å². The number of benzene rings is 1. The van der Waals surface area contributed by atoms with Crippen molar-refractivity contribution in [2.45, 2.75) is 18.9 Å². The second-order valence-electron chi connectivity index (χ2n) is 4.44. The number of nitrogens with one attached hydrogen (secondary N) is 2. The number of anilines is 1. The summed E-state index contributed by atoms with van der Waals surface area (Å²) in [6.45, 7) is 0.391. The van der Waals surface area contributed by atoms with Gasteiger partial charge in [-0.3, -0.25) is 9.59 Å². The van der Waals surface area contributed by atoms with Crippen LogP contribution in [0.5, 0.6) is 5.75 Å². The van der Waals surface area contributed by atoms with Gasteiger partial charge in [-0.25, -0.2) is 0 Å². The van der Waals surface area contributed by atoms with Gasteiger partial charge in [-0.05, 0) is 18.6 Å². The van der Waals surface area contributed by atoms with Crippen molar-refractivity contribution in [1.82, 2.24) is 10.6 Å². The molecule has 2 amide bonds. The van der Waals surface area contributed by atoms with Gasteiger partial charge >= 0.3 is 0 Å². The first-order chi connectivity index (χ1) is 9.11. The van der Waals surface area contributed by atoms with E-state index in [1.165, 1.54) is 7.11 Å². The molecule has 0 bridgehead atoms. The van der Waals surface area contributed by atoms with Gasteiger partial charge in [-0.15, -0.1) is 0 Å². The Hall–Kier alpha value is -2.24. The highest BCUT2D eigenvalue weighted by Crippen LogP contribution is 2.23. The number of ether oxygens (including phenoxy) is 1. The van der Waals surface area contributed by atoms with E-state index in [0.717, 1.165) is 6.42 Å². The van der Waals surface area contributed by atoms with E-state index in [0.29, 0.717) is 30.0 Å². The fourth-order valence-corrected chi connectivity index (χ4v) is 2.10. The summed E-state index contributed by atoms with van der Waals surface area (Å²) in [6.07, 6.45) is 1.25. The first kappa shape index (κ1) is 13.2. The van der Waals surface area contributed by atoms with E-state index in [9.17, 15) is 9.59 Å². The van der Waals surface area contributed by atoms with E-state index in [4.69, 9.17) is 10.5 Å². The van der Waals surface area contributed by atoms with E-state index < -0.39 is 0 Å². The SMILES string of the molecule is COc1cccc(N)c1C(=O)NCC1CCC(=O)N1. The van der Waals surface area contributed by atoms with E-state index >= 15 is 0 Å². The first-order valence-electron chi connectivity index (χ1n) is 6.12. The second kappa shape index (κ2) is 5.60. The number of hydrogen-bond donors (Lipinski definition) is 3. The van der Waals surface area contributed by atoms with Gasteiger partial charge < -0.3 is 21.1 Å². The van der Waals surface area contributed by atoms with Crippen LogP contribution in [0.3, 0.4) is 0 Å². The third-order valence-corrected chi connectivity index (χ3v) is 3.10. The predicted molar refractivity (Wildman–Crippen MR) is 70.9 cm³/mol. The van der Waals surface area contributed by atoms with Gasteiger partial charge in [0, 0.05) is 24.7 Å². The Bertz CT molecular complexity index is 502. The molecule has 1 aliphatic heterocycles. The van der Waals surface area contributed by atoms with Crippen LogP contribution in [-0.4, -0.2) is 31.5 Å². The summed E-state index contributed by atoms with van der Waals surface area (Å²) in [5.41, 5.74) is 6.49. The molecule has 1 aromatic carbocycles. The number of carbonyl (C=O) groups is 2. The lowest BCUT2D eigenvalue weighted by Gasteiger charge is -2.14. The van der Waals surface area contributed by atoms with Gasteiger partial charge in [-0.1, -0.05) is 6.07 Å². The molecule has 1 aliphatic rings. The monoisotopic (exact) mass is 263 g/mol. The van der Waals surface area contributed by atoms with Crippen LogP contribution in [0.4, 0.5) is 5.69 Å². The topological polar surface area (TPSA) is 93.4 Å². The summed E-state index contributed by atoms with van der Waals surface area (Å²) in [6, 6.07) is 5.05. The van der Waals surface area contributed by atoms with Crippen LogP contribution in [0.1, 0.15) is 23.2 Å². The van der Waals surface area contributed by atoms with Crippen molar-refractivity contribution in [3.8, 4) is 5.75 Å². The number of rotatable bonds is 4. The van der Waals surface area contributed by atoms with Gasteiger partial charge in [0.1, 0.15) is 11.3 Å². The Labute approximate surface area is 111 Å². The molecule has 0 radical (unpaired) electrons. The maximum atomic E-state index is 12.1. The largest absolute Gasteiger partial charge is 0.496 e. The average Bonchev–Trinajstić information content (AvgIpc) is 2.81. The van der Waals surface area contributed by atoms with Crippen LogP contribution in [0.25, 0.3) is 0 Å². The molecule has 102 valence electrons. The van der Waals surface area contributed by atoms with Crippen LogP contribution < -0.4 is 21.1 Å². The minimum atomic E-state index is -0.295. The lowest BCUT2D eigenvalue weighted by atomic mass is 10.1. The maximum Gasteiger partial charge on any atom is 0.257 e. The number of methoxy groups -OCH3 is 1. The van der Waals surface area contributed by atoms with Crippen molar-refractivity contribution in [1.29, 1.82) is 0 Å². The average molecular weight is 263 g/mol. The zero-order valence-corrected chi connectivity index (χ0v) is 10.7. The van der Waals surface area contributed by atoms with Crippen molar-refractivity contribution < 1.29 is 14.3 Å². The highest BCUT2D eigenvalue weighted by atomic mass is 16.5. The summed E-state index contributed by atoms with van der Waals surface area (Å²) in [5, 5.41) is 5.55. The number of carbonyl (C=O) groups excluding carboxylic acids is 2. The Morgan fingerprint density at radius 1 is 1.58 bits per heavy atom. The zero-order chi connectivity index (χ0) is 13.8. The number of nitrogen functional groups attached to an aromatic ring is 1. The minimum Gasteiger partial charge on any atom is -0.496 e. The van der Waals surface area contributed by atoms with Crippen LogP contribution in [-0.2, 0) is 4.79 Å². The van der Waals surface area contributed by atoms with Crippen molar-refractivity contribution in [2.24, 2.45) is 0 Å². The molecular weight excluding hydrogens is 246 g/mol. The van der Waals surface area contributed by atoms with Crippen molar-refractivity contribution in [3.63, 3.8) is 0 Å². The molecule has 1 unspecified atom stereocenters. The molecule has 2 rings (SSSR count). The third kappa shape index (κ3) is 2.96. The fraction of sp³-hybridized carbons (Fsp3) is 0.385. The smallest absolute Gasteiger partial charge is 0.257 e. The molecule has 19 heavy (non-hydrogen) atoms. The fourth-order valence-electron chi connectivity index (χ4n) is 2.10. The standard InChI is InChI=1S/C13H17N3O3/c1-19-10-4-2-3-9(14)12(10)13(18)15-7-8-5-6-11(17)16-8/h2-4,8H,5-7,14H2,1H3,(H,15,18)(H,16,17). The zero-order valence-electron chi connectivity index (χ0n) is 10.7. The summed E-state index contributed by atoms with van der Waals surface area (Å²) in [7, 11) is 1.49. The lowest BCUT2D eigenvalue weighted by molar-refractivity contribution is -0.119. The molecule has 4 N–H and O–H groups in total. The van der Waals surface area contributed by atoms with Crippen LogP contribution >= 0.6 is 0 Å². The van der Waals surface area contributed by atoms with Gasteiger partial charge in [-0.2, -0.15) is 0 Å². The molecule has 1 fully saturated rings. The Morgan fingerprint density at radius 2 is 2.37 bits per heavy atom. The molecule has 0 spiro atoms. The number of amides is 2. The molecule has 1 atom stereocenters. The quantitative estimate of drug-likeness (QED) is 0.680. The van der Waals surface area contributed by atoms with Gasteiger partial charge in [0.25, 0.3) is 5.91 Å². The summed E-state index contributed by atoms with van der Waals surface area (Å²) < 4.78 is 5.13. The van der Waals surface area contributed by atoms with Crippen molar-refractivity contribution >= 4 is 17.5 Å². The van der Waals surface area contributed by atoms with Crippen molar-refractivity contribution in [3.05, 3.63) is 23.8 Å². The van der Waals surface area contributed by atoms with Crippen LogP contribution in [0.2, 0.25) is 0 Å². The predicted octanol–water partition coefficient (Wildman–Crippen LogP) is 0.286. The highest BCUT2D eigenvalue weighted by Gasteiger charge is 2.22. The summed E-state index contributed by atoms with van der Waals surface area (Å²) in [5.74, 6) is 0.167. The first-order valence-corrected chi connectivity index (χ1v) is 6.12.